The number of hydrogen-bond acceptors (Lipinski definition) is 3. The van der Waals surface area contributed by atoms with Gasteiger partial charge in [0.15, 0.2) is 0 Å². The molecule has 0 aliphatic carbocycles. The average Bonchev–Trinajstić information content (AvgIpc) is 2.28. The minimum absolute atomic E-state index is 0.109. The van der Waals surface area contributed by atoms with Gasteiger partial charge in [0, 0.05) is 5.33 Å². The van der Waals surface area contributed by atoms with Gasteiger partial charge in [-0.3, -0.25) is 0 Å². The molecule has 1 aromatic heterocycles. The summed E-state index contributed by atoms with van der Waals surface area (Å²) < 4.78 is 25.0. The van der Waals surface area contributed by atoms with Crippen LogP contribution in [0.25, 0.3) is 0 Å². The summed E-state index contributed by atoms with van der Waals surface area (Å²) in [6.07, 6.45) is -2.85. The minimum Gasteiger partial charge on any atom is -0.249 e. The van der Waals surface area contributed by atoms with E-state index in [9.17, 15) is 8.78 Å². The Morgan fingerprint density at radius 1 is 1.44 bits per heavy atom. The van der Waals surface area contributed by atoms with E-state index in [0.717, 1.165) is 0 Å². The van der Waals surface area contributed by atoms with Crippen LogP contribution in [0.4, 0.5) is 8.78 Å². The number of nitrogens with zero attached hydrogens (tertiary/aromatic N) is 3. The molecule has 0 aliphatic rings. The summed E-state index contributed by atoms with van der Waals surface area (Å²) in [7, 11) is 0. The van der Waals surface area contributed by atoms with Crippen molar-refractivity contribution < 1.29 is 8.78 Å². The molecule has 0 amide bonds. The van der Waals surface area contributed by atoms with Gasteiger partial charge in [0.2, 0.25) is 0 Å². The molecule has 0 spiro atoms. The standard InChI is InChI=1S/C10H6BrF2N3/c11-4-6-3-9(10(12)13)16-8(1-2-14)7(6)5-15/h3,10H,1,4H2. The Morgan fingerprint density at radius 3 is 2.56 bits per heavy atom. The van der Waals surface area contributed by atoms with E-state index in [-0.39, 0.29) is 23.0 Å². The first-order chi connectivity index (χ1) is 7.63. The lowest BCUT2D eigenvalue weighted by Crippen LogP contribution is -2.03. The molecule has 3 nitrogen and oxygen atoms in total. The second kappa shape index (κ2) is 5.53. The molecule has 1 rings (SSSR count). The molecular weight excluding hydrogens is 280 g/mol. The molecule has 6 heteroatoms. The number of hydrogen-bond donors (Lipinski definition) is 0. The lowest BCUT2D eigenvalue weighted by atomic mass is 10.1. The molecule has 0 radical (unpaired) electrons. The van der Waals surface area contributed by atoms with Gasteiger partial charge in [-0.05, 0) is 11.6 Å². The maximum Gasteiger partial charge on any atom is 0.280 e. The van der Waals surface area contributed by atoms with Gasteiger partial charge in [0.05, 0.1) is 23.7 Å². The van der Waals surface area contributed by atoms with Gasteiger partial charge < -0.3 is 0 Å². The number of halogens is 3. The fraction of sp³-hybridized carbons (Fsp3) is 0.300. The van der Waals surface area contributed by atoms with Crippen LogP contribution in [0.5, 0.6) is 0 Å². The van der Waals surface area contributed by atoms with Gasteiger partial charge in [0.1, 0.15) is 11.8 Å². The molecule has 0 aromatic carbocycles. The summed E-state index contributed by atoms with van der Waals surface area (Å²) in [5.74, 6) is 0. The van der Waals surface area contributed by atoms with E-state index >= 15 is 0 Å². The average molecular weight is 286 g/mol. The van der Waals surface area contributed by atoms with Crippen LogP contribution in [0, 0.1) is 22.7 Å². The minimum atomic E-state index is -2.71. The maximum atomic E-state index is 12.5. The first kappa shape index (κ1) is 12.5. The number of nitriles is 2. The SMILES string of the molecule is N#CCc1nc(C(F)F)cc(CBr)c1C#N. The van der Waals surface area contributed by atoms with Crippen LogP contribution in [0.15, 0.2) is 6.07 Å². The van der Waals surface area contributed by atoms with E-state index in [1.165, 1.54) is 6.07 Å². The van der Waals surface area contributed by atoms with E-state index in [1.54, 1.807) is 6.07 Å². The predicted octanol–water partition coefficient (Wildman–Crippen LogP) is 2.85. The molecule has 0 saturated carbocycles. The second-order valence-corrected chi connectivity index (χ2v) is 3.47. The molecule has 0 unspecified atom stereocenters. The molecule has 0 fully saturated rings. The van der Waals surface area contributed by atoms with Gasteiger partial charge >= 0.3 is 0 Å². The predicted molar refractivity (Wildman–Crippen MR) is 55.9 cm³/mol. The Kier molecular flexibility index (Phi) is 4.33. The van der Waals surface area contributed by atoms with Crippen molar-refractivity contribution in [1.82, 2.24) is 4.98 Å². The molecule has 0 saturated heterocycles. The molecule has 16 heavy (non-hydrogen) atoms. The fourth-order valence-electron chi connectivity index (χ4n) is 1.24. The number of rotatable bonds is 3. The highest BCUT2D eigenvalue weighted by Gasteiger charge is 2.16. The van der Waals surface area contributed by atoms with Crippen molar-refractivity contribution in [3.63, 3.8) is 0 Å². The van der Waals surface area contributed by atoms with Gasteiger partial charge in [-0.15, -0.1) is 0 Å². The van der Waals surface area contributed by atoms with Gasteiger partial charge in [0.25, 0.3) is 6.43 Å². The largest absolute Gasteiger partial charge is 0.280 e. The van der Waals surface area contributed by atoms with Crippen LogP contribution < -0.4 is 0 Å². The zero-order valence-electron chi connectivity index (χ0n) is 8.04. The van der Waals surface area contributed by atoms with Gasteiger partial charge in [-0.1, -0.05) is 15.9 Å². The van der Waals surface area contributed by atoms with Crippen molar-refractivity contribution in [2.45, 2.75) is 18.2 Å². The van der Waals surface area contributed by atoms with Gasteiger partial charge in [-0.25, -0.2) is 13.8 Å². The lowest BCUT2D eigenvalue weighted by molar-refractivity contribution is 0.145. The molecule has 1 heterocycles. The van der Waals surface area contributed by atoms with Crippen LogP contribution in [0.1, 0.15) is 28.9 Å². The fourth-order valence-corrected chi connectivity index (χ4v) is 1.68. The molecule has 0 N–H and O–H groups in total. The third kappa shape index (κ3) is 2.53. The monoisotopic (exact) mass is 285 g/mol. The van der Waals surface area contributed by atoms with E-state index in [0.29, 0.717) is 5.56 Å². The van der Waals surface area contributed by atoms with Crippen LogP contribution in [-0.2, 0) is 11.8 Å². The van der Waals surface area contributed by atoms with Crippen molar-refractivity contribution in [3.05, 3.63) is 28.6 Å². The third-order valence-corrected chi connectivity index (χ3v) is 2.53. The first-order valence-electron chi connectivity index (χ1n) is 4.27. The topological polar surface area (TPSA) is 60.5 Å². The highest BCUT2D eigenvalue weighted by Crippen LogP contribution is 2.23. The van der Waals surface area contributed by atoms with Crippen molar-refractivity contribution in [1.29, 1.82) is 10.5 Å². The zero-order valence-corrected chi connectivity index (χ0v) is 9.63. The highest BCUT2D eigenvalue weighted by atomic mass is 79.9. The van der Waals surface area contributed by atoms with Crippen LogP contribution in [-0.4, -0.2) is 4.98 Å². The van der Waals surface area contributed by atoms with Crippen molar-refractivity contribution in [3.8, 4) is 12.1 Å². The van der Waals surface area contributed by atoms with E-state index in [4.69, 9.17) is 10.5 Å². The Bertz CT molecular complexity index is 474. The summed E-state index contributed by atoms with van der Waals surface area (Å²) in [4.78, 5) is 3.63. The van der Waals surface area contributed by atoms with Gasteiger partial charge in [-0.2, -0.15) is 10.5 Å². The third-order valence-electron chi connectivity index (χ3n) is 1.92. The molecule has 1 aromatic rings. The number of alkyl halides is 3. The van der Waals surface area contributed by atoms with Crippen molar-refractivity contribution >= 4 is 15.9 Å². The van der Waals surface area contributed by atoms with Crippen LogP contribution >= 0.6 is 15.9 Å². The van der Waals surface area contributed by atoms with Crippen molar-refractivity contribution in [2.75, 3.05) is 0 Å². The van der Waals surface area contributed by atoms with E-state index < -0.39 is 12.1 Å². The molecule has 0 aliphatic heterocycles. The normalized spacial score (nSPS) is 9.88. The van der Waals surface area contributed by atoms with E-state index in [1.807, 2.05) is 6.07 Å². The smallest absolute Gasteiger partial charge is 0.249 e. The quantitative estimate of drug-likeness (QED) is 0.803. The summed E-state index contributed by atoms with van der Waals surface area (Å²) in [5, 5.41) is 17.7. The Morgan fingerprint density at radius 2 is 2.12 bits per heavy atom. The second-order valence-electron chi connectivity index (χ2n) is 2.91. The summed E-state index contributed by atoms with van der Waals surface area (Å²) in [5.41, 5.74) is 0.330. The maximum absolute atomic E-state index is 12.5. The highest BCUT2D eigenvalue weighted by molar-refractivity contribution is 9.08. The van der Waals surface area contributed by atoms with Crippen LogP contribution in [0.2, 0.25) is 0 Å². The number of pyridine rings is 1. The lowest BCUT2D eigenvalue weighted by Gasteiger charge is -2.07. The van der Waals surface area contributed by atoms with Crippen LogP contribution in [0.3, 0.4) is 0 Å². The first-order valence-corrected chi connectivity index (χ1v) is 5.40. The molecule has 0 atom stereocenters. The van der Waals surface area contributed by atoms with E-state index in [2.05, 4.69) is 20.9 Å². The summed E-state index contributed by atoms with van der Waals surface area (Å²) in [6.45, 7) is 0. The Hall–Kier alpha value is -1.53. The molecule has 82 valence electrons. The summed E-state index contributed by atoms with van der Waals surface area (Å²) in [6, 6.07) is 4.86. The Balaban J connectivity index is 3.40. The Labute approximate surface area is 99.5 Å². The summed E-state index contributed by atoms with van der Waals surface area (Å²) >= 11 is 3.11. The van der Waals surface area contributed by atoms with Crippen molar-refractivity contribution in [2.24, 2.45) is 0 Å². The number of aromatic nitrogens is 1. The molecule has 0 bridgehead atoms. The zero-order chi connectivity index (χ0) is 12.1. The molecular formula is C10H6BrF2N3.